The van der Waals surface area contributed by atoms with Crippen molar-refractivity contribution in [2.45, 2.75) is 33.7 Å². The lowest BCUT2D eigenvalue weighted by Gasteiger charge is -2.23. The Hall–Kier alpha value is -0.340. The highest BCUT2D eigenvalue weighted by Gasteiger charge is 2.07. The summed E-state index contributed by atoms with van der Waals surface area (Å²) >= 11 is 3.47. The molecule has 0 aliphatic carbocycles. The maximum absolute atomic E-state index is 3.47. The molecule has 0 bridgehead atoms. The van der Waals surface area contributed by atoms with E-state index in [-0.39, 0.29) is 0 Å². The molecule has 1 atom stereocenters. The molecule has 0 spiro atoms. The molecule has 2 heteroatoms. The Labute approximate surface area is 108 Å². The minimum atomic E-state index is 0.787. The summed E-state index contributed by atoms with van der Waals surface area (Å²) in [7, 11) is 0. The van der Waals surface area contributed by atoms with Crippen LogP contribution in [-0.2, 0) is 6.54 Å². The second kappa shape index (κ2) is 7.08. The van der Waals surface area contributed by atoms with Crippen molar-refractivity contribution < 1.29 is 0 Å². The largest absolute Gasteiger partial charge is 0.299 e. The van der Waals surface area contributed by atoms with E-state index in [2.05, 4.69) is 65.9 Å². The standard InChI is InChI=1S/C14H22BrN/c1-4-12(3)10-16(5-2)11-13-6-8-14(15)9-7-13/h6-9,12H,4-5,10-11H2,1-3H3. The molecular formula is C14H22BrN. The molecule has 0 aliphatic rings. The molecule has 1 unspecified atom stereocenters. The van der Waals surface area contributed by atoms with Gasteiger partial charge in [-0.05, 0) is 30.2 Å². The lowest BCUT2D eigenvalue weighted by Crippen LogP contribution is -2.27. The fourth-order valence-electron chi connectivity index (χ4n) is 1.72. The number of hydrogen-bond acceptors (Lipinski definition) is 1. The molecule has 0 radical (unpaired) electrons. The van der Waals surface area contributed by atoms with Crippen molar-refractivity contribution in [3.05, 3.63) is 34.3 Å². The molecule has 1 rings (SSSR count). The van der Waals surface area contributed by atoms with Gasteiger partial charge < -0.3 is 0 Å². The molecule has 1 aromatic carbocycles. The minimum absolute atomic E-state index is 0.787. The van der Waals surface area contributed by atoms with E-state index in [4.69, 9.17) is 0 Å². The molecule has 0 N–H and O–H groups in total. The normalized spacial score (nSPS) is 13.1. The van der Waals surface area contributed by atoms with Crippen molar-refractivity contribution in [3.8, 4) is 0 Å². The van der Waals surface area contributed by atoms with E-state index in [1.807, 2.05) is 0 Å². The summed E-state index contributed by atoms with van der Waals surface area (Å²) in [5.74, 6) is 0.787. The summed E-state index contributed by atoms with van der Waals surface area (Å²) in [6.07, 6.45) is 1.26. The van der Waals surface area contributed by atoms with Crippen LogP contribution in [-0.4, -0.2) is 18.0 Å². The topological polar surface area (TPSA) is 3.24 Å². The SMILES string of the molecule is CCC(C)CN(CC)Cc1ccc(Br)cc1. The molecule has 0 saturated heterocycles. The zero-order valence-corrected chi connectivity index (χ0v) is 12.1. The molecule has 16 heavy (non-hydrogen) atoms. The van der Waals surface area contributed by atoms with Crippen LogP contribution in [0.3, 0.4) is 0 Å². The van der Waals surface area contributed by atoms with Crippen molar-refractivity contribution in [3.63, 3.8) is 0 Å². The molecule has 0 aliphatic heterocycles. The fourth-order valence-corrected chi connectivity index (χ4v) is 1.99. The number of hydrogen-bond donors (Lipinski definition) is 0. The van der Waals surface area contributed by atoms with Crippen LogP contribution in [0.4, 0.5) is 0 Å². The Bertz CT molecular complexity index is 294. The minimum Gasteiger partial charge on any atom is -0.299 e. The van der Waals surface area contributed by atoms with E-state index in [9.17, 15) is 0 Å². The summed E-state index contributed by atoms with van der Waals surface area (Å²) in [5.41, 5.74) is 1.40. The Kier molecular flexibility index (Phi) is 6.07. The van der Waals surface area contributed by atoms with Crippen LogP contribution < -0.4 is 0 Å². The maximum atomic E-state index is 3.47. The average molecular weight is 284 g/mol. The average Bonchev–Trinajstić information content (AvgIpc) is 2.30. The van der Waals surface area contributed by atoms with Crippen LogP contribution >= 0.6 is 15.9 Å². The van der Waals surface area contributed by atoms with Gasteiger partial charge in [-0.15, -0.1) is 0 Å². The first-order valence-corrected chi connectivity index (χ1v) is 6.91. The van der Waals surface area contributed by atoms with Gasteiger partial charge in [0.1, 0.15) is 0 Å². The summed E-state index contributed by atoms with van der Waals surface area (Å²) < 4.78 is 1.15. The highest BCUT2D eigenvalue weighted by Crippen LogP contribution is 2.13. The van der Waals surface area contributed by atoms with Crippen LogP contribution in [0.15, 0.2) is 28.7 Å². The van der Waals surface area contributed by atoms with Gasteiger partial charge in [0.15, 0.2) is 0 Å². The van der Waals surface area contributed by atoms with Crippen molar-refractivity contribution in [2.24, 2.45) is 5.92 Å². The third kappa shape index (κ3) is 4.67. The fraction of sp³-hybridized carbons (Fsp3) is 0.571. The lowest BCUT2D eigenvalue weighted by molar-refractivity contribution is 0.238. The van der Waals surface area contributed by atoms with Gasteiger partial charge in [0.25, 0.3) is 0 Å². The second-order valence-electron chi connectivity index (χ2n) is 4.47. The van der Waals surface area contributed by atoms with Crippen molar-refractivity contribution in [1.29, 1.82) is 0 Å². The first-order valence-electron chi connectivity index (χ1n) is 6.12. The number of halogens is 1. The Morgan fingerprint density at radius 1 is 1.19 bits per heavy atom. The van der Waals surface area contributed by atoms with E-state index in [0.717, 1.165) is 23.5 Å². The Balaban J connectivity index is 2.52. The van der Waals surface area contributed by atoms with Gasteiger partial charge in [0.2, 0.25) is 0 Å². The van der Waals surface area contributed by atoms with E-state index in [0.29, 0.717) is 0 Å². The van der Waals surface area contributed by atoms with Gasteiger partial charge in [-0.2, -0.15) is 0 Å². The zero-order chi connectivity index (χ0) is 12.0. The van der Waals surface area contributed by atoms with E-state index in [1.165, 1.54) is 18.5 Å². The number of rotatable bonds is 6. The van der Waals surface area contributed by atoms with Crippen LogP contribution in [0, 0.1) is 5.92 Å². The molecule has 0 heterocycles. The van der Waals surface area contributed by atoms with Gasteiger partial charge in [-0.25, -0.2) is 0 Å². The predicted molar refractivity (Wildman–Crippen MR) is 74.5 cm³/mol. The van der Waals surface area contributed by atoms with Crippen molar-refractivity contribution in [1.82, 2.24) is 4.90 Å². The van der Waals surface area contributed by atoms with Crippen LogP contribution in [0.25, 0.3) is 0 Å². The van der Waals surface area contributed by atoms with E-state index < -0.39 is 0 Å². The summed E-state index contributed by atoms with van der Waals surface area (Å²) in [6.45, 7) is 10.2. The van der Waals surface area contributed by atoms with Gasteiger partial charge in [-0.1, -0.05) is 55.3 Å². The highest BCUT2D eigenvalue weighted by atomic mass is 79.9. The van der Waals surface area contributed by atoms with Gasteiger partial charge in [-0.3, -0.25) is 4.90 Å². The maximum Gasteiger partial charge on any atom is 0.0233 e. The molecule has 0 saturated carbocycles. The smallest absolute Gasteiger partial charge is 0.0233 e. The molecule has 1 nitrogen and oxygen atoms in total. The monoisotopic (exact) mass is 283 g/mol. The molecule has 90 valence electrons. The Morgan fingerprint density at radius 3 is 2.31 bits per heavy atom. The van der Waals surface area contributed by atoms with Crippen LogP contribution in [0.5, 0.6) is 0 Å². The van der Waals surface area contributed by atoms with Gasteiger partial charge in [0, 0.05) is 17.6 Å². The van der Waals surface area contributed by atoms with Gasteiger partial charge >= 0.3 is 0 Å². The lowest BCUT2D eigenvalue weighted by atomic mass is 10.1. The first-order chi connectivity index (χ1) is 7.65. The van der Waals surface area contributed by atoms with Gasteiger partial charge in [0.05, 0.1) is 0 Å². The van der Waals surface area contributed by atoms with Crippen molar-refractivity contribution >= 4 is 15.9 Å². The summed E-state index contributed by atoms with van der Waals surface area (Å²) in [6, 6.07) is 8.63. The third-order valence-corrected chi connectivity index (χ3v) is 3.56. The second-order valence-corrected chi connectivity index (χ2v) is 5.38. The summed E-state index contributed by atoms with van der Waals surface area (Å²) in [4.78, 5) is 2.51. The number of nitrogens with zero attached hydrogens (tertiary/aromatic N) is 1. The highest BCUT2D eigenvalue weighted by molar-refractivity contribution is 9.10. The summed E-state index contributed by atoms with van der Waals surface area (Å²) in [5, 5.41) is 0. The zero-order valence-electron chi connectivity index (χ0n) is 10.5. The molecule has 0 aromatic heterocycles. The van der Waals surface area contributed by atoms with Crippen LogP contribution in [0.1, 0.15) is 32.8 Å². The third-order valence-electron chi connectivity index (χ3n) is 3.03. The van der Waals surface area contributed by atoms with Crippen LogP contribution in [0.2, 0.25) is 0 Å². The van der Waals surface area contributed by atoms with E-state index >= 15 is 0 Å². The first kappa shape index (κ1) is 13.7. The predicted octanol–water partition coefficient (Wildman–Crippen LogP) is 4.32. The molecular weight excluding hydrogens is 262 g/mol. The van der Waals surface area contributed by atoms with E-state index in [1.54, 1.807) is 0 Å². The molecule has 0 amide bonds. The Morgan fingerprint density at radius 2 is 1.81 bits per heavy atom. The molecule has 0 fully saturated rings. The quantitative estimate of drug-likeness (QED) is 0.752. The molecule has 1 aromatic rings. The van der Waals surface area contributed by atoms with Crippen molar-refractivity contribution in [2.75, 3.05) is 13.1 Å². The number of benzene rings is 1.